The number of anilines is 1. The molecule has 0 saturated carbocycles. The van der Waals surface area contributed by atoms with Crippen molar-refractivity contribution in [2.45, 2.75) is 18.9 Å². The number of halogens is 4. The fourth-order valence-corrected chi connectivity index (χ4v) is 2.56. The van der Waals surface area contributed by atoms with Crippen molar-refractivity contribution in [1.29, 1.82) is 0 Å². The molecule has 0 fully saturated rings. The number of rotatable bonds is 2. The van der Waals surface area contributed by atoms with Gasteiger partial charge in [0.2, 0.25) is 0 Å². The van der Waals surface area contributed by atoms with Crippen LogP contribution in [-0.4, -0.2) is 0 Å². The lowest BCUT2D eigenvalue weighted by Gasteiger charge is -2.16. The molecule has 0 aromatic heterocycles. The van der Waals surface area contributed by atoms with Crippen LogP contribution >= 0.6 is 0 Å². The molecule has 1 aliphatic rings. The molecule has 1 N–H and O–H groups in total. The summed E-state index contributed by atoms with van der Waals surface area (Å²) in [5, 5.41) is 2.85. The summed E-state index contributed by atoms with van der Waals surface area (Å²) in [6.07, 6.45) is 1.31. The normalized spacial score (nSPS) is 17.1. The van der Waals surface area contributed by atoms with E-state index in [4.69, 9.17) is 0 Å². The zero-order valence-corrected chi connectivity index (χ0v) is 10.4. The first kappa shape index (κ1) is 13.0. The lowest BCUT2D eigenvalue weighted by atomic mass is 10.1. The first-order valence-electron chi connectivity index (χ1n) is 6.24. The Balaban J connectivity index is 1.90. The van der Waals surface area contributed by atoms with Crippen molar-refractivity contribution in [1.82, 2.24) is 0 Å². The van der Waals surface area contributed by atoms with Crippen LogP contribution in [0, 0.1) is 23.3 Å². The molecule has 0 bridgehead atoms. The molecule has 2 aromatic rings. The molecular formula is C15H11F4N. The topological polar surface area (TPSA) is 12.0 Å². The van der Waals surface area contributed by atoms with Crippen LogP contribution in [-0.2, 0) is 6.42 Å². The Hall–Kier alpha value is -2.04. The molecule has 5 heteroatoms. The summed E-state index contributed by atoms with van der Waals surface area (Å²) < 4.78 is 52.8. The van der Waals surface area contributed by atoms with Crippen molar-refractivity contribution in [2.24, 2.45) is 0 Å². The van der Waals surface area contributed by atoms with Gasteiger partial charge >= 0.3 is 0 Å². The van der Waals surface area contributed by atoms with E-state index in [1.54, 1.807) is 6.07 Å². The average molecular weight is 281 g/mol. The standard InChI is InChI=1S/C15H11F4N/c16-9-2-3-10-8(7-9)1-5-12(10)20-13-6-4-11(17)14(18)15(13)19/h2-4,6-7,12,20H,1,5H2. The summed E-state index contributed by atoms with van der Waals surface area (Å²) >= 11 is 0. The molecule has 2 aromatic carbocycles. The van der Waals surface area contributed by atoms with Crippen molar-refractivity contribution >= 4 is 5.69 Å². The predicted octanol–water partition coefficient (Wildman–Crippen LogP) is 4.34. The second-order valence-corrected chi connectivity index (χ2v) is 4.80. The largest absolute Gasteiger partial charge is 0.376 e. The van der Waals surface area contributed by atoms with Gasteiger partial charge in [-0.25, -0.2) is 17.6 Å². The van der Waals surface area contributed by atoms with Gasteiger partial charge in [-0.1, -0.05) is 6.07 Å². The van der Waals surface area contributed by atoms with E-state index in [1.165, 1.54) is 12.1 Å². The van der Waals surface area contributed by atoms with E-state index < -0.39 is 17.5 Å². The zero-order chi connectivity index (χ0) is 14.3. The van der Waals surface area contributed by atoms with Crippen molar-refractivity contribution in [3.63, 3.8) is 0 Å². The molecule has 104 valence electrons. The van der Waals surface area contributed by atoms with Gasteiger partial charge < -0.3 is 5.32 Å². The van der Waals surface area contributed by atoms with E-state index in [0.29, 0.717) is 12.8 Å². The summed E-state index contributed by atoms with van der Waals surface area (Å²) in [5.41, 5.74) is 1.62. The third kappa shape index (κ3) is 2.13. The third-order valence-electron chi connectivity index (χ3n) is 3.55. The smallest absolute Gasteiger partial charge is 0.196 e. The van der Waals surface area contributed by atoms with E-state index in [9.17, 15) is 17.6 Å². The number of nitrogens with one attached hydrogen (secondary N) is 1. The minimum Gasteiger partial charge on any atom is -0.376 e. The van der Waals surface area contributed by atoms with Crippen LogP contribution in [0.2, 0.25) is 0 Å². The highest BCUT2D eigenvalue weighted by molar-refractivity contribution is 5.49. The minimum atomic E-state index is -1.49. The molecule has 1 aliphatic carbocycles. The summed E-state index contributed by atoms with van der Waals surface area (Å²) in [7, 11) is 0. The van der Waals surface area contributed by atoms with E-state index in [2.05, 4.69) is 5.32 Å². The summed E-state index contributed by atoms with van der Waals surface area (Å²) in [5.74, 6) is -4.27. The molecule has 1 nitrogen and oxygen atoms in total. The fraction of sp³-hybridized carbons (Fsp3) is 0.200. The fourth-order valence-electron chi connectivity index (χ4n) is 2.56. The number of hydrogen-bond donors (Lipinski definition) is 1. The Bertz CT molecular complexity index is 669. The van der Waals surface area contributed by atoms with Crippen LogP contribution in [0.25, 0.3) is 0 Å². The quantitative estimate of drug-likeness (QED) is 0.637. The Morgan fingerprint density at radius 1 is 0.950 bits per heavy atom. The van der Waals surface area contributed by atoms with Gasteiger partial charge in [-0.2, -0.15) is 0 Å². The summed E-state index contributed by atoms with van der Waals surface area (Å²) in [4.78, 5) is 0. The average Bonchev–Trinajstić information content (AvgIpc) is 2.82. The van der Waals surface area contributed by atoms with Crippen LogP contribution in [0.3, 0.4) is 0 Å². The van der Waals surface area contributed by atoms with Crippen LogP contribution in [0.4, 0.5) is 23.2 Å². The maximum atomic E-state index is 13.6. The van der Waals surface area contributed by atoms with Gasteiger partial charge in [-0.3, -0.25) is 0 Å². The van der Waals surface area contributed by atoms with Crippen LogP contribution < -0.4 is 5.32 Å². The Morgan fingerprint density at radius 2 is 1.75 bits per heavy atom. The van der Waals surface area contributed by atoms with Crippen LogP contribution in [0.1, 0.15) is 23.6 Å². The van der Waals surface area contributed by atoms with Gasteiger partial charge in [0.15, 0.2) is 17.5 Å². The highest BCUT2D eigenvalue weighted by Gasteiger charge is 2.24. The Labute approximate surface area is 113 Å². The van der Waals surface area contributed by atoms with Gasteiger partial charge in [-0.05, 0) is 48.2 Å². The van der Waals surface area contributed by atoms with Crippen molar-refractivity contribution < 1.29 is 17.6 Å². The number of benzene rings is 2. The number of fused-ring (bicyclic) bond motifs is 1. The van der Waals surface area contributed by atoms with Crippen LogP contribution in [0.5, 0.6) is 0 Å². The maximum absolute atomic E-state index is 13.6. The van der Waals surface area contributed by atoms with Gasteiger partial charge in [0, 0.05) is 0 Å². The van der Waals surface area contributed by atoms with Crippen molar-refractivity contribution in [3.05, 3.63) is 64.7 Å². The summed E-state index contributed by atoms with van der Waals surface area (Å²) in [6.45, 7) is 0. The first-order valence-corrected chi connectivity index (χ1v) is 6.24. The molecule has 0 saturated heterocycles. The van der Waals surface area contributed by atoms with E-state index in [1.807, 2.05) is 0 Å². The van der Waals surface area contributed by atoms with E-state index in [-0.39, 0.29) is 17.5 Å². The molecule has 0 spiro atoms. The van der Waals surface area contributed by atoms with Gasteiger partial charge in [0.25, 0.3) is 0 Å². The highest BCUT2D eigenvalue weighted by atomic mass is 19.2. The third-order valence-corrected chi connectivity index (χ3v) is 3.55. The Kier molecular flexibility index (Phi) is 3.12. The molecular weight excluding hydrogens is 270 g/mol. The molecule has 1 atom stereocenters. The second-order valence-electron chi connectivity index (χ2n) is 4.80. The Morgan fingerprint density at radius 3 is 2.55 bits per heavy atom. The second kappa shape index (κ2) is 4.81. The number of hydrogen-bond acceptors (Lipinski definition) is 1. The highest BCUT2D eigenvalue weighted by Crippen LogP contribution is 2.35. The molecule has 0 radical (unpaired) electrons. The maximum Gasteiger partial charge on any atom is 0.196 e. The zero-order valence-electron chi connectivity index (χ0n) is 10.4. The molecule has 20 heavy (non-hydrogen) atoms. The minimum absolute atomic E-state index is 0.0916. The molecule has 0 amide bonds. The molecule has 1 unspecified atom stereocenters. The lowest BCUT2D eigenvalue weighted by molar-refractivity contribution is 0.448. The van der Waals surface area contributed by atoms with Gasteiger partial charge in [0.1, 0.15) is 5.82 Å². The van der Waals surface area contributed by atoms with Gasteiger partial charge in [-0.15, -0.1) is 0 Å². The molecule has 0 aliphatic heterocycles. The van der Waals surface area contributed by atoms with Gasteiger partial charge in [0.05, 0.1) is 11.7 Å². The molecule has 0 heterocycles. The first-order chi connectivity index (χ1) is 9.56. The number of aryl methyl sites for hydroxylation is 1. The van der Waals surface area contributed by atoms with Crippen molar-refractivity contribution in [3.8, 4) is 0 Å². The lowest BCUT2D eigenvalue weighted by Crippen LogP contribution is -2.09. The molecule has 3 rings (SSSR count). The van der Waals surface area contributed by atoms with E-state index in [0.717, 1.165) is 23.3 Å². The van der Waals surface area contributed by atoms with Crippen LogP contribution in [0.15, 0.2) is 30.3 Å². The summed E-state index contributed by atoms with van der Waals surface area (Å²) in [6, 6.07) is 6.22. The monoisotopic (exact) mass is 281 g/mol. The van der Waals surface area contributed by atoms with Crippen molar-refractivity contribution in [2.75, 3.05) is 5.32 Å². The predicted molar refractivity (Wildman–Crippen MR) is 67.4 cm³/mol. The van der Waals surface area contributed by atoms with E-state index >= 15 is 0 Å². The SMILES string of the molecule is Fc1ccc2c(c1)CCC2Nc1ccc(F)c(F)c1F.